The molecule has 0 aliphatic carbocycles. The first kappa shape index (κ1) is 12.7. The van der Waals surface area contributed by atoms with Gasteiger partial charge in [-0.05, 0) is 27.6 Å². The second-order valence-electron chi connectivity index (χ2n) is 3.60. The van der Waals surface area contributed by atoms with Crippen LogP contribution in [0.25, 0.3) is 0 Å². The van der Waals surface area contributed by atoms with E-state index in [1.807, 2.05) is 30.3 Å². The molecule has 18 heavy (non-hydrogen) atoms. The van der Waals surface area contributed by atoms with Gasteiger partial charge in [0.2, 0.25) is 0 Å². The highest BCUT2D eigenvalue weighted by Crippen LogP contribution is 2.09. The van der Waals surface area contributed by atoms with Crippen LogP contribution in [0.4, 0.5) is 0 Å². The zero-order valence-corrected chi connectivity index (χ0v) is 11.1. The Hall–Kier alpha value is -1.72. The number of nitrogens with zero attached hydrogens (tertiary/aromatic N) is 1. The summed E-state index contributed by atoms with van der Waals surface area (Å²) in [6.45, 7) is 0.327. The Morgan fingerprint density at radius 1 is 1.28 bits per heavy atom. The Labute approximate surface area is 113 Å². The van der Waals surface area contributed by atoms with Crippen molar-refractivity contribution in [2.24, 2.45) is 0 Å². The summed E-state index contributed by atoms with van der Waals surface area (Å²) in [5.74, 6) is -0.320. The molecule has 0 radical (unpaired) electrons. The summed E-state index contributed by atoms with van der Waals surface area (Å²) in [6, 6.07) is 11.3. The summed E-state index contributed by atoms with van der Waals surface area (Å²) in [5, 5.41) is 0. The Morgan fingerprint density at radius 2 is 2.06 bits per heavy atom. The van der Waals surface area contributed by atoms with Gasteiger partial charge < -0.3 is 0 Å². The first-order chi connectivity index (χ1) is 8.75. The van der Waals surface area contributed by atoms with Gasteiger partial charge in [-0.2, -0.15) is 0 Å². The van der Waals surface area contributed by atoms with E-state index in [0.717, 1.165) is 10.0 Å². The highest BCUT2D eigenvalue weighted by molar-refractivity contribution is 9.10. The first-order valence-corrected chi connectivity index (χ1v) is 6.11. The van der Waals surface area contributed by atoms with Gasteiger partial charge in [0.1, 0.15) is 0 Å². The third-order valence-electron chi connectivity index (χ3n) is 2.21. The minimum Gasteiger partial charge on any atom is -0.269 e. The van der Waals surface area contributed by atoms with Gasteiger partial charge >= 0.3 is 0 Å². The van der Waals surface area contributed by atoms with Gasteiger partial charge in [-0.25, -0.2) is 5.48 Å². The van der Waals surface area contributed by atoms with Crippen LogP contribution in [0.3, 0.4) is 0 Å². The predicted octanol–water partition coefficient (Wildman–Crippen LogP) is 2.71. The SMILES string of the molecule is O=C(NOCc1ccccc1)c1cncc(Br)c1. The fourth-order valence-electron chi connectivity index (χ4n) is 1.35. The molecule has 1 aromatic carbocycles. The predicted molar refractivity (Wildman–Crippen MR) is 70.6 cm³/mol. The molecule has 1 amide bonds. The van der Waals surface area contributed by atoms with Crippen molar-refractivity contribution in [1.29, 1.82) is 0 Å². The number of hydroxylamine groups is 1. The van der Waals surface area contributed by atoms with Gasteiger partial charge in [0.05, 0.1) is 12.2 Å². The monoisotopic (exact) mass is 306 g/mol. The van der Waals surface area contributed by atoms with Crippen molar-refractivity contribution in [2.45, 2.75) is 6.61 Å². The van der Waals surface area contributed by atoms with Crippen LogP contribution in [0.2, 0.25) is 0 Å². The molecular formula is C13H11BrN2O2. The lowest BCUT2D eigenvalue weighted by molar-refractivity contribution is 0.0233. The molecule has 0 aliphatic rings. The summed E-state index contributed by atoms with van der Waals surface area (Å²) in [6.07, 6.45) is 3.09. The molecule has 0 atom stereocenters. The average Bonchev–Trinajstić information content (AvgIpc) is 2.40. The maximum absolute atomic E-state index is 11.7. The maximum atomic E-state index is 11.7. The molecule has 0 saturated carbocycles. The number of amides is 1. The lowest BCUT2D eigenvalue weighted by Gasteiger charge is -2.05. The Morgan fingerprint density at radius 3 is 2.78 bits per heavy atom. The van der Waals surface area contributed by atoms with Crippen LogP contribution in [-0.2, 0) is 11.4 Å². The molecule has 0 bridgehead atoms. The van der Waals surface area contributed by atoms with Crippen LogP contribution < -0.4 is 5.48 Å². The highest BCUT2D eigenvalue weighted by Gasteiger charge is 2.06. The first-order valence-electron chi connectivity index (χ1n) is 5.32. The van der Waals surface area contributed by atoms with Crippen molar-refractivity contribution in [3.8, 4) is 0 Å². The molecule has 4 nitrogen and oxygen atoms in total. The minimum atomic E-state index is -0.320. The number of nitrogens with one attached hydrogen (secondary N) is 1. The maximum Gasteiger partial charge on any atom is 0.276 e. The van der Waals surface area contributed by atoms with Crippen LogP contribution in [0.1, 0.15) is 15.9 Å². The van der Waals surface area contributed by atoms with Gasteiger partial charge in [0, 0.05) is 16.9 Å². The number of hydrogen-bond donors (Lipinski definition) is 1. The van der Waals surface area contributed by atoms with Crippen LogP contribution >= 0.6 is 15.9 Å². The molecule has 92 valence electrons. The Balaban J connectivity index is 1.86. The lowest BCUT2D eigenvalue weighted by atomic mass is 10.2. The van der Waals surface area contributed by atoms with Crippen molar-refractivity contribution < 1.29 is 9.63 Å². The van der Waals surface area contributed by atoms with E-state index in [4.69, 9.17) is 4.84 Å². The van der Waals surface area contributed by atoms with E-state index in [1.54, 1.807) is 12.3 Å². The smallest absolute Gasteiger partial charge is 0.269 e. The number of pyridine rings is 1. The molecule has 0 unspecified atom stereocenters. The van der Waals surface area contributed by atoms with E-state index in [0.29, 0.717) is 12.2 Å². The summed E-state index contributed by atoms with van der Waals surface area (Å²) < 4.78 is 0.748. The van der Waals surface area contributed by atoms with Crippen molar-refractivity contribution in [2.75, 3.05) is 0 Å². The van der Waals surface area contributed by atoms with Gasteiger partial charge in [0.15, 0.2) is 0 Å². The van der Waals surface area contributed by atoms with E-state index >= 15 is 0 Å². The third kappa shape index (κ3) is 3.65. The molecule has 5 heteroatoms. The largest absolute Gasteiger partial charge is 0.276 e. The molecule has 2 rings (SSSR count). The number of rotatable bonds is 4. The van der Waals surface area contributed by atoms with Gasteiger partial charge in [-0.15, -0.1) is 0 Å². The van der Waals surface area contributed by atoms with Gasteiger partial charge in [-0.1, -0.05) is 30.3 Å². The van der Waals surface area contributed by atoms with E-state index in [-0.39, 0.29) is 5.91 Å². The Bertz CT molecular complexity index is 532. The van der Waals surface area contributed by atoms with Gasteiger partial charge in [0.25, 0.3) is 5.91 Å². The summed E-state index contributed by atoms with van der Waals surface area (Å²) >= 11 is 3.25. The zero-order chi connectivity index (χ0) is 12.8. The van der Waals surface area contributed by atoms with Crippen LogP contribution in [-0.4, -0.2) is 10.9 Å². The molecular weight excluding hydrogens is 296 g/mol. The van der Waals surface area contributed by atoms with Crippen molar-refractivity contribution in [1.82, 2.24) is 10.5 Å². The number of hydrogen-bond acceptors (Lipinski definition) is 3. The quantitative estimate of drug-likeness (QED) is 0.884. The highest BCUT2D eigenvalue weighted by atomic mass is 79.9. The second kappa shape index (κ2) is 6.28. The molecule has 1 heterocycles. The van der Waals surface area contributed by atoms with Crippen molar-refractivity contribution in [3.05, 3.63) is 64.4 Å². The number of carbonyl (C=O) groups excluding carboxylic acids is 1. The fraction of sp³-hybridized carbons (Fsp3) is 0.0769. The lowest BCUT2D eigenvalue weighted by Crippen LogP contribution is -2.23. The van der Waals surface area contributed by atoms with E-state index in [9.17, 15) is 4.79 Å². The molecule has 1 N–H and O–H groups in total. The standard InChI is InChI=1S/C13H11BrN2O2/c14-12-6-11(7-15-8-12)13(17)16-18-9-10-4-2-1-3-5-10/h1-8H,9H2,(H,16,17). The number of benzene rings is 1. The van der Waals surface area contributed by atoms with Crippen molar-refractivity contribution in [3.63, 3.8) is 0 Å². The van der Waals surface area contributed by atoms with E-state index in [1.165, 1.54) is 6.20 Å². The minimum absolute atomic E-state index is 0.320. The average molecular weight is 307 g/mol. The fourth-order valence-corrected chi connectivity index (χ4v) is 1.72. The van der Waals surface area contributed by atoms with Crippen LogP contribution in [0, 0.1) is 0 Å². The van der Waals surface area contributed by atoms with Crippen LogP contribution in [0.5, 0.6) is 0 Å². The summed E-state index contributed by atoms with van der Waals surface area (Å²) in [7, 11) is 0. The summed E-state index contributed by atoms with van der Waals surface area (Å²) in [5.41, 5.74) is 3.81. The van der Waals surface area contributed by atoms with Crippen LogP contribution in [0.15, 0.2) is 53.3 Å². The van der Waals surface area contributed by atoms with E-state index < -0.39 is 0 Å². The summed E-state index contributed by atoms with van der Waals surface area (Å²) in [4.78, 5) is 20.7. The normalized spacial score (nSPS) is 10.1. The molecule has 2 aromatic rings. The topological polar surface area (TPSA) is 51.2 Å². The molecule has 0 saturated heterocycles. The molecule has 1 aromatic heterocycles. The number of carbonyl (C=O) groups is 1. The zero-order valence-electron chi connectivity index (χ0n) is 9.47. The van der Waals surface area contributed by atoms with E-state index in [2.05, 4.69) is 26.4 Å². The molecule has 0 fully saturated rings. The second-order valence-corrected chi connectivity index (χ2v) is 4.51. The molecule has 0 aliphatic heterocycles. The molecule has 0 spiro atoms. The third-order valence-corrected chi connectivity index (χ3v) is 2.65. The number of halogens is 1. The van der Waals surface area contributed by atoms with Crippen molar-refractivity contribution >= 4 is 21.8 Å². The van der Waals surface area contributed by atoms with Gasteiger partial charge in [-0.3, -0.25) is 14.6 Å². The Kier molecular flexibility index (Phi) is 4.44. The number of aromatic nitrogens is 1.